The van der Waals surface area contributed by atoms with Gasteiger partial charge in [-0.1, -0.05) is 90.2 Å². The van der Waals surface area contributed by atoms with Crippen LogP contribution in [-0.4, -0.2) is 24.8 Å². The topological polar surface area (TPSA) is 79.1 Å². The summed E-state index contributed by atoms with van der Waals surface area (Å²) in [4.78, 5) is 31.8. The molecule has 1 aliphatic rings. The molecule has 0 fully saturated rings. The van der Waals surface area contributed by atoms with Gasteiger partial charge in [-0.15, -0.1) is 0 Å². The molecule has 0 radical (unpaired) electrons. The van der Waals surface area contributed by atoms with Crippen molar-refractivity contribution in [3.8, 4) is 11.5 Å². The van der Waals surface area contributed by atoms with Crippen molar-refractivity contribution in [3.63, 3.8) is 0 Å². The van der Waals surface area contributed by atoms with E-state index in [9.17, 15) is 9.59 Å². The van der Waals surface area contributed by atoms with Gasteiger partial charge in [0.25, 0.3) is 5.56 Å². The quantitative estimate of drug-likeness (QED) is 0.297. The number of hydrogen-bond acceptors (Lipinski definition) is 7. The highest BCUT2D eigenvalue weighted by atomic mass is 32.1. The number of methoxy groups -OCH3 is 2. The van der Waals surface area contributed by atoms with Crippen LogP contribution in [0.4, 0.5) is 0 Å². The molecule has 0 saturated heterocycles. The van der Waals surface area contributed by atoms with Gasteiger partial charge in [0.1, 0.15) is 6.61 Å². The Balaban J connectivity index is 1.57. The molecule has 5 rings (SSSR count). The predicted molar refractivity (Wildman–Crippen MR) is 156 cm³/mol. The van der Waals surface area contributed by atoms with Crippen LogP contribution in [0.25, 0.3) is 12.2 Å². The van der Waals surface area contributed by atoms with E-state index in [1.807, 2.05) is 78.9 Å². The number of rotatable bonds is 8. The summed E-state index contributed by atoms with van der Waals surface area (Å²) in [5.41, 5.74) is 3.26. The van der Waals surface area contributed by atoms with Crippen LogP contribution in [0.3, 0.4) is 0 Å². The first kappa shape index (κ1) is 26.9. The van der Waals surface area contributed by atoms with Crippen LogP contribution in [0.5, 0.6) is 11.5 Å². The molecular formula is C32H28N2O5S. The minimum Gasteiger partial charge on any atom is -0.493 e. The van der Waals surface area contributed by atoms with E-state index in [2.05, 4.69) is 4.99 Å². The summed E-state index contributed by atoms with van der Waals surface area (Å²) >= 11 is 1.27. The van der Waals surface area contributed by atoms with Crippen molar-refractivity contribution in [1.82, 2.24) is 4.57 Å². The molecule has 0 aliphatic carbocycles. The van der Waals surface area contributed by atoms with Crippen LogP contribution in [0.1, 0.15) is 29.7 Å². The summed E-state index contributed by atoms with van der Waals surface area (Å²) in [6.07, 6.45) is 5.54. The second-order valence-electron chi connectivity index (χ2n) is 9.05. The molecule has 4 aromatic rings. The fourth-order valence-electron chi connectivity index (χ4n) is 4.54. The van der Waals surface area contributed by atoms with Crippen LogP contribution < -0.4 is 24.4 Å². The summed E-state index contributed by atoms with van der Waals surface area (Å²) in [6, 6.07) is 24.3. The average molecular weight is 553 g/mol. The number of hydrogen-bond donors (Lipinski definition) is 0. The smallest absolute Gasteiger partial charge is 0.338 e. The molecule has 1 atom stereocenters. The van der Waals surface area contributed by atoms with Gasteiger partial charge in [0.15, 0.2) is 16.3 Å². The van der Waals surface area contributed by atoms with E-state index in [0.29, 0.717) is 44.3 Å². The fraction of sp³-hybridized carbons (Fsp3) is 0.156. The number of esters is 1. The first-order chi connectivity index (χ1) is 19.5. The lowest BCUT2D eigenvalue weighted by Gasteiger charge is -2.25. The summed E-state index contributed by atoms with van der Waals surface area (Å²) in [7, 11) is 2.88. The van der Waals surface area contributed by atoms with Crippen LogP contribution in [0.2, 0.25) is 0 Å². The number of thiazole rings is 1. The van der Waals surface area contributed by atoms with Crippen molar-refractivity contribution in [2.45, 2.75) is 19.6 Å². The first-order valence-electron chi connectivity index (χ1n) is 12.7. The van der Waals surface area contributed by atoms with E-state index in [1.54, 1.807) is 36.8 Å². The van der Waals surface area contributed by atoms with Crippen molar-refractivity contribution in [1.29, 1.82) is 0 Å². The van der Waals surface area contributed by atoms with Crippen LogP contribution in [0.15, 0.2) is 106 Å². The Bertz CT molecular complexity index is 1770. The summed E-state index contributed by atoms with van der Waals surface area (Å²) in [5, 5.41) is 0. The Kier molecular flexibility index (Phi) is 8.07. The minimum absolute atomic E-state index is 0.247. The van der Waals surface area contributed by atoms with Crippen LogP contribution >= 0.6 is 11.3 Å². The molecular weight excluding hydrogens is 524 g/mol. The third kappa shape index (κ3) is 5.53. The Hall–Kier alpha value is -4.69. The lowest BCUT2D eigenvalue weighted by Crippen LogP contribution is -2.39. The predicted octanol–water partition coefficient (Wildman–Crippen LogP) is 4.66. The van der Waals surface area contributed by atoms with Gasteiger partial charge in [-0.05, 0) is 41.8 Å². The van der Waals surface area contributed by atoms with Crippen LogP contribution in [-0.2, 0) is 16.1 Å². The third-order valence-corrected chi connectivity index (χ3v) is 7.50. The zero-order chi connectivity index (χ0) is 28.1. The largest absolute Gasteiger partial charge is 0.493 e. The van der Waals surface area contributed by atoms with Gasteiger partial charge in [0, 0.05) is 0 Å². The lowest BCUT2D eigenvalue weighted by atomic mass is 9.95. The van der Waals surface area contributed by atoms with Gasteiger partial charge >= 0.3 is 5.97 Å². The zero-order valence-corrected chi connectivity index (χ0v) is 23.2. The summed E-state index contributed by atoms with van der Waals surface area (Å²) in [6.45, 7) is 2.12. The highest BCUT2D eigenvalue weighted by molar-refractivity contribution is 7.07. The molecule has 8 heteroatoms. The molecule has 0 bridgehead atoms. The first-order valence-corrected chi connectivity index (χ1v) is 13.5. The zero-order valence-electron chi connectivity index (χ0n) is 22.4. The minimum atomic E-state index is -0.749. The SMILES string of the molecule is COC(=O)C1=C(C)N=c2s/c(=C\C=C\c3ccccc3)c(=O)n2C1c1ccc(OCc2ccccc2)c(OC)c1. The number of benzene rings is 3. The van der Waals surface area contributed by atoms with Crippen molar-refractivity contribution in [3.05, 3.63) is 133 Å². The number of aromatic nitrogens is 1. The molecule has 1 aliphatic heterocycles. The second kappa shape index (κ2) is 12.0. The number of carbonyl (C=O) groups is 1. The van der Waals surface area contributed by atoms with E-state index >= 15 is 0 Å². The van der Waals surface area contributed by atoms with Crippen molar-refractivity contribution < 1.29 is 19.0 Å². The number of nitrogens with zero attached hydrogens (tertiary/aromatic N) is 2. The third-order valence-electron chi connectivity index (χ3n) is 6.50. The maximum atomic E-state index is 13.7. The maximum absolute atomic E-state index is 13.7. The molecule has 0 N–H and O–H groups in total. The van der Waals surface area contributed by atoms with Gasteiger partial charge < -0.3 is 14.2 Å². The molecule has 0 saturated carbocycles. The lowest BCUT2D eigenvalue weighted by molar-refractivity contribution is -0.136. The maximum Gasteiger partial charge on any atom is 0.338 e. The second-order valence-corrected chi connectivity index (χ2v) is 10.1. The number of fused-ring (bicyclic) bond motifs is 1. The summed E-state index contributed by atoms with van der Waals surface area (Å²) in [5.74, 6) is 0.488. The standard InChI is InChI=1S/C32H28N2O5S/c1-21-28(31(36)38-3)29(24-17-18-25(26(19-24)37-2)39-20-23-13-8-5-9-14-23)34-30(35)27(40-32(34)33-21)16-10-15-22-11-6-4-7-12-22/h4-19,29H,20H2,1-3H3/b15-10+,27-16-. The Morgan fingerprint density at radius 3 is 2.42 bits per heavy atom. The molecule has 0 amide bonds. The molecule has 1 unspecified atom stereocenters. The van der Waals surface area contributed by atoms with Crippen molar-refractivity contribution in [2.75, 3.05) is 14.2 Å². The van der Waals surface area contributed by atoms with E-state index in [1.165, 1.54) is 18.4 Å². The van der Waals surface area contributed by atoms with Gasteiger partial charge in [-0.3, -0.25) is 9.36 Å². The molecule has 2 heterocycles. The number of ether oxygens (including phenoxy) is 3. The van der Waals surface area contributed by atoms with Gasteiger partial charge in [0.2, 0.25) is 0 Å². The molecule has 7 nitrogen and oxygen atoms in total. The monoisotopic (exact) mass is 552 g/mol. The van der Waals surface area contributed by atoms with E-state index in [-0.39, 0.29) is 5.56 Å². The summed E-state index contributed by atoms with van der Waals surface area (Å²) < 4.78 is 18.8. The molecule has 40 heavy (non-hydrogen) atoms. The van der Waals surface area contributed by atoms with E-state index in [0.717, 1.165) is 11.1 Å². The van der Waals surface area contributed by atoms with Crippen molar-refractivity contribution in [2.24, 2.45) is 4.99 Å². The normalized spacial score (nSPS) is 15.1. The Morgan fingerprint density at radius 2 is 1.73 bits per heavy atom. The van der Waals surface area contributed by atoms with E-state index in [4.69, 9.17) is 14.2 Å². The Labute approximate surface area is 235 Å². The van der Waals surface area contributed by atoms with E-state index < -0.39 is 12.0 Å². The van der Waals surface area contributed by atoms with Gasteiger partial charge in [-0.2, -0.15) is 0 Å². The molecule has 3 aromatic carbocycles. The fourth-order valence-corrected chi connectivity index (χ4v) is 5.54. The van der Waals surface area contributed by atoms with Crippen LogP contribution in [0, 0.1) is 0 Å². The molecule has 1 aromatic heterocycles. The highest BCUT2D eigenvalue weighted by Crippen LogP contribution is 2.36. The molecule has 202 valence electrons. The highest BCUT2D eigenvalue weighted by Gasteiger charge is 2.33. The van der Waals surface area contributed by atoms with Gasteiger partial charge in [-0.25, -0.2) is 9.79 Å². The average Bonchev–Trinajstić information content (AvgIpc) is 3.30. The Morgan fingerprint density at radius 1 is 1.00 bits per heavy atom. The number of allylic oxidation sites excluding steroid dienone is 2. The van der Waals surface area contributed by atoms with Crippen molar-refractivity contribution >= 4 is 29.5 Å². The van der Waals surface area contributed by atoms with Gasteiger partial charge in [0.05, 0.1) is 36.1 Å². The molecule has 0 spiro atoms. The number of carbonyl (C=O) groups excluding carboxylic acids is 1.